The molecule has 1 saturated carbocycles. The molecule has 0 bridgehead atoms. The van der Waals surface area contributed by atoms with E-state index in [9.17, 15) is 9.90 Å². The number of benzene rings is 1. The maximum absolute atomic E-state index is 12.3. The third-order valence-corrected chi connectivity index (χ3v) is 6.87. The van der Waals surface area contributed by atoms with Crippen LogP contribution in [0.1, 0.15) is 25.7 Å². The number of aliphatic hydroxyl groups excluding tert-OH is 1. The molecule has 3 N–H and O–H groups in total. The summed E-state index contributed by atoms with van der Waals surface area (Å²) in [4.78, 5) is 25.1. The van der Waals surface area contributed by atoms with Crippen LogP contribution in [-0.2, 0) is 0 Å². The first-order valence-corrected chi connectivity index (χ1v) is 11.5. The van der Waals surface area contributed by atoms with Crippen molar-refractivity contribution in [1.29, 1.82) is 0 Å². The number of pyridine rings is 1. The lowest BCUT2D eigenvalue weighted by Gasteiger charge is -2.26. The minimum atomic E-state index is -0.164. The van der Waals surface area contributed by atoms with Crippen molar-refractivity contribution in [2.75, 3.05) is 35.7 Å². The molecule has 0 unspecified atom stereocenters. The van der Waals surface area contributed by atoms with Gasteiger partial charge in [-0.25, -0.2) is 14.8 Å². The molecule has 9 heteroatoms. The quantitative estimate of drug-likeness (QED) is 0.557. The van der Waals surface area contributed by atoms with Gasteiger partial charge < -0.3 is 20.6 Å². The first kappa shape index (κ1) is 20.0. The fourth-order valence-electron chi connectivity index (χ4n) is 4.15. The number of nitrogens with zero attached hydrogens (tertiary/aromatic N) is 4. The molecule has 0 atom stereocenters. The van der Waals surface area contributed by atoms with Crippen molar-refractivity contribution in [1.82, 2.24) is 14.9 Å². The van der Waals surface area contributed by atoms with Gasteiger partial charge in [0.15, 0.2) is 5.13 Å². The van der Waals surface area contributed by atoms with Gasteiger partial charge in [0, 0.05) is 31.9 Å². The van der Waals surface area contributed by atoms with E-state index in [0.29, 0.717) is 12.6 Å². The van der Waals surface area contributed by atoms with Crippen molar-refractivity contribution in [3.63, 3.8) is 0 Å². The molecule has 1 aliphatic heterocycles. The maximum atomic E-state index is 12.3. The summed E-state index contributed by atoms with van der Waals surface area (Å²) in [6.07, 6.45) is 3.42. The smallest absolute Gasteiger partial charge is 0.324 e. The average Bonchev–Trinajstić information content (AvgIpc) is 3.32. The molecule has 8 nitrogen and oxygen atoms in total. The summed E-state index contributed by atoms with van der Waals surface area (Å²) in [5.41, 5.74) is 1.80. The van der Waals surface area contributed by atoms with Gasteiger partial charge in [0.05, 0.1) is 16.3 Å². The number of hydrogen-bond acceptors (Lipinski definition) is 7. The van der Waals surface area contributed by atoms with E-state index in [2.05, 4.69) is 20.6 Å². The Morgan fingerprint density at radius 3 is 2.65 bits per heavy atom. The highest BCUT2D eigenvalue weighted by Crippen LogP contribution is 2.32. The number of fused-ring (bicyclic) bond motifs is 1. The van der Waals surface area contributed by atoms with E-state index in [-0.39, 0.29) is 12.1 Å². The number of hydrogen-bond donors (Lipinski definition) is 3. The predicted octanol–water partition coefficient (Wildman–Crippen LogP) is 4.02. The molecule has 5 rings (SSSR count). The van der Waals surface area contributed by atoms with Crippen LogP contribution in [0.5, 0.6) is 0 Å². The number of thiazole rings is 1. The highest BCUT2D eigenvalue weighted by atomic mass is 32.1. The molecule has 162 valence electrons. The minimum Gasteiger partial charge on any atom is -0.393 e. The van der Waals surface area contributed by atoms with Crippen LogP contribution in [0.4, 0.5) is 27.2 Å². The summed E-state index contributed by atoms with van der Waals surface area (Å²) in [5.74, 6) is 1.56. The van der Waals surface area contributed by atoms with Crippen LogP contribution in [-0.4, -0.2) is 58.3 Å². The summed E-state index contributed by atoms with van der Waals surface area (Å²) in [6.45, 7) is 1.44. The molecule has 1 aromatic carbocycles. The van der Waals surface area contributed by atoms with Gasteiger partial charge >= 0.3 is 6.03 Å². The van der Waals surface area contributed by atoms with Crippen LogP contribution in [0.3, 0.4) is 0 Å². The van der Waals surface area contributed by atoms with Gasteiger partial charge in [0.2, 0.25) is 0 Å². The zero-order valence-electron chi connectivity index (χ0n) is 17.4. The normalized spacial score (nSPS) is 21.7. The van der Waals surface area contributed by atoms with E-state index < -0.39 is 0 Å². The monoisotopic (exact) mass is 438 g/mol. The molecule has 0 radical (unpaired) electrons. The van der Waals surface area contributed by atoms with Crippen LogP contribution < -0.4 is 15.5 Å². The Morgan fingerprint density at radius 1 is 1.06 bits per heavy atom. The van der Waals surface area contributed by atoms with E-state index >= 15 is 0 Å². The Hall–Kier alpha value is -2.91. The molecule has 0 spiro atoms. The fraction of sp³-hybridized carbons (Fsp3) is 0.409. The van der Waals surface area contributed by atoms with Crippen LogP contribution in [0.2, 0.25) is 0 Å². The summed E-state index contributed by atoms with van der Waals surface area (Å²) < 4.78 is 1.03. The Bertz CT molecular complexity index is 1090. The van der Waals surface area contributed by atoms with Crippen LogP contribution in [0.15, 0.2) is 36.4 Å². The molecular formula is C22H26N6O2S. The molecule has 2 fully saturated rings. The highest BCUT2D eigenvalue weighted by Gasteiger charge is 2.26. The number of nitrogens with one attached hydrogen (secondary N) is 2. The number of amides is 2. The van der Waals surface area contributed by atoms with Gasteiger partial charge in [0.25, 0.3) is 0 Å². The number of anilines is 4. The number of rotatable bonds is 5. The van der Waals surface area contributed by atoms with E-state index in [4.69, 9.17) is 0 Å². The fourth-order valence-corrected chi connectivity index (χ4v) is 5.05. The van der Waals surface area contributed by atoms with Crippen LogP contribution >= 0.6 is 11.3 Å². The number of aliphatic hydroxyl groups is 1. The molecule has 2 aromatic heterocycles. The standard InChI is InChI=1S/C22H26N6O2S/c1-27-11-12-28(22(27)30)15-7-10-17-18(13-15)31-21(24-17)26-20-4-2-3-19(25-20)23-14-5-8-16(29)9-6-14/h2-4,7,10,13-14,16,29H,5-6,8-9,11-12H2,1H3,(H2,23,24,25,26)/t14-,16-. The zero-order chi connectivity index (χ0) is 21.4. The minimum absolute atomic E-state index is 0.0307. The molecule has 1 aliphatic carbocycles. The zero-order valence-corrected chi connectivity index (χ0v) is 18.2. The van der Waals surface area contributed by atoms with Gasteiger partial charge in [-0.15, -0.1) is 0 Å². The van der Waals surface area contributed by atoms with E-state index in [1.54, 1.807) is 21.1 Å². The SMILES string of the molecule is CN1CCN(c2ccc3nc(Nc4cccc(N[C@H]5CC[C@H](O)CC5)n4)sc3c2)C1=O. The molecule has 2 aliphatic rings. The van der Waals surface area contributed by atoms with E-state index in [0.717, 1.165) is 64.9 Å². The van der Waals surface area contributed by atoms with Crippen molar-refractivity contribution >= 4 is 50.0 Å². The van der Waals surface area contributed by atoms with E-state index in [1.807, 2.05) is 43.4 Å². The second-order valence-corrected chi connectivity index (χ2v) is 9.24. The third-order valence-electron chi connectivity index (χ3n) is 5.93. The Labute approximate surface area is 184 Å². The lowest BCUT2D eigenvalue weighted by Crippen LogP contribution is -2.29. The predicted molar refractivity (Wildman–Crippen MR) is 124 cm³/mol. The van der Waals surface area contributed by atoms with Gasteiger partial charge in [-0.1, -0.05) is 17.4 Å². The van der Waals surface area contributed by atoms with Crippen LogP contribution in [0, 0.1) is 0 Å². The second-order valence-electron chi connectivity index (χ2n) is 8.21. The molecular weight excluding hydrogens is 412 g/mol. The van der Waals surface area contributed by atoms with Crippen molar-refractivity contribution in [2.45, 2.75) is 37.8 Å². The summed E-state index contributed by atoms with van der Waals surface area (Å²) in [5, 5.41) is 17.2. The number of carbonyl (C=O) groups is 1. The van der Waals surface area contributed by atoms with Crippen molar-refractivity contribution in [3.8, 4) is 0 Å². The number of urea groups is 1. The lowest BCUT2D eigenvalue weighted by molar-refractivity contribution is 0.126. The van der Waals surface area contributed by atoms with Gasteiger partial charge in [-0.05, 0) is 56.0 Å². The first-order valence-electron chi connectivity index (χ1n) is 10.7. The van der Waals surface area contributed by atoms with Gasteiger partial charge in [0.1, 0.15) is 11.6 Å². The van der Waals surface area contributed by atoms with Crippen molar-refractivity contribution < 1.29 is 9.90 Å². The summed E-state index contributed by atoms with van der Waals surface area (Å²) in [6, 6.07) is 12.2. The molecule has 3 aromatic rings. The molecule has 3 heterocycles. The highest BCUT2D eigenvalue weighted by molar-refractivity contribution is 7.22. The Morgan fingerprint density at radius 2 is 1.87 bits per heavy atom. The maximum Gasteiger partial charge on any atom is 0.324 e. The van der Waals surface area contributed by atoms with Crippen LogP contribution in [0.25, 0.3) is 10.2 Å². The average molecular weight is 439 g/mol. The van der Waals surface area contributed by atoms with Crippen molar-refractivity contribution in [3.05, 3.63) is 36.4 Å². The van der Waals surface area contributed by atoms with Gasteiger partial charge in [-0.3, -0.25) is 4.90 Å². The second kappa shape index (κ2) is 8.32. The largest absolute Gasteiger partial charge is 0.393 e. The molecule has 1 saturated heterocycles. The van der Waals surface area contributed by atoms with Crippen molar-refractivity contribution in [2.24, 2.45) is 0 Å². The van der Waals surface area contributed by atoms with E-state index in [1.165, 1.54) is 0 Å². The Balaban J connectivity index is 1.30. The number of aromatic nitrogens is 2. The molecule has 2 amide bonds. The Kier molecular flexibility index (Phi) is 5.37. The lowest BCUT2D eigenvalue weighted by atomic mass is 9.93. The topological polar surface area (TPSA) is 93.6 Å². The van der Waals surface area contributed by atoms with Gasteiger partial charge in [-0.2, -0.15) is 0 Å². The molecule has 31 heavy (non-hydrogen) atoms. The number of likely N-dealkylation sites (N-methyl/N-ethyl adjacent to an activating group) is 1. The third kappa shape index (κ3) is 4.28. The first-order chi connectivity index (χ1) is 15.0. The number of carbonyl (C=O) groups excluding carboxylic acids is 1. The summed E-state index contributed by atoms with van der Waals surface area (Å²) in [7, 11) is 1.82. The summed E-state index contributed by atoms with van der Waals surface area (Å²) >= 11 is 1.55.